The smallest absolute Gasteiger partial charge is 0.241 e. The maximum Gasteiger partial charge on any atom is 0.241 e. The fourth-order valence-corrected chi connectivity index (χ4v) is 2.36. The van der Waals surface area contributed by atoms with Crippen LogP contribution in [0, 0.1) is 6.92 Å². The van der Waals surface area contributed by atoms with E-state index in [0.29, 0.717) is 19.0 Å². The molecule has 152 valence electrons. The highest BCUT2D eigenvalue weighted by molar-refractivity contribution is 14.0. The van der Waals surface area contributed by atoms with Crippen molar-refractivity contribution in [1.29, 1.82) is 0 Å². The van der Waals surface area contributed by atoms with Gasteiger partial charge in [-0.15, -0.1) is 24.0 Å². The molecule has 2 N–H and O–H groups in total. The van der Waals surface area contributed by atoms with Crippen LogP contribution in [-0.2, 0) is 11.3 Å². The van der Waals surface area contributed by atoms with Crippen LogP contribution >= 0.6 is 24.0 Å². The normalized spacial score (nSPS) is 10.6. The third-order valence-corrected chi connectivity index (χ3v) is 3.85. The Kier molecular flexibility index (Phi) is 10.4. The van der Waals surface area contributed by atoms with E-state index < -0.39 is 0 Å². The lowest BCUT2D eigenvalue weighted by Crippen LogP contribution is -2.42. The number of nitrogens with one attached hydrogen (secondary N) is 2. The zero-order chi connectivity index (χ0) is 19.6. The molecule has 0 aliphatic heterocycles. The molecule has 2 aromatic carbocycles. The van der Waals surface area contributed by atoms with Crippen molar-refractivity contribution in [3.63, 3.8) is 0 Å². The average Bonchev–Trinajstić information content (AvgIpc) is 2.64. The van der Waals surface area contributed by atoms with Gasteiger partial charge >= 0.3 is 0 Å². The SMILES string of the molecule is CCNC(=NCc1ccccc1Oc1cccc(C)c1)NCC(=O)N(C)C.I. The molecule has 0 heterocycles. The fraction of sp³-hybridized carbons (Fsp3) is 0.333. The number of likely N-dealkylation sites (N-methyl/N-ethyl adjacent to an activating group) is 1. The van der Waals surface area contributed by atoms with Crippen LogP contribution in [-0.4, -0.2) is 44.0 Å². The molecule has 0 aliphatic carbocycles. The van der Waals surface area contributed by atoms with E-state index in [1.165, 1.54) is 0 Å². The molecule has 1 amide bonds. The minimum absolute atomic E-state index is 0. The Balaban J connectivity index is 0.00000392. The number of aryl methyl sites for hydroxylation is 1. The first kappa shape index (κ1) is 23.7. The number of halogens is 1. The van der Waals surface area contributed by atoms with Crippen molar-refractivity contribution >= 4 is 35.8 Å². The van der Waals surface area contributed by atoms with E-state index in [1.54, 1.807) is 19.0 Å². The van der Waals surface area contributed by atoms with Gasteiger partial charge in [-0.1, -0.05) is 30.3 Å². The zero-order valence-corrected chi connectivity index (χ0v) is 19.2. The summed E-state index contributed by atoms with van der Waals surface area (Å²) in [5.41, 5.74) is 2.11. The molecule has 0 fully saturated rings. The molecule has 0 saturated heterocycles. The van der Waals surface area contributed by atoms with E-state index in [2.05, 4.69) is 15.6 Å². The van der Waals surface area contributed by atoms with E-state index in [0.717, 1.165) is 22.6 Å². The minimum Gasteiger partial charge on any atom is -0.457 e. The van der Waals surface area contributed by atoms with Crippen molar-refractivity contribution in [3.8, 4) is 11.5 Å². The Hall–Kier alpha value is -2.29. The molecule has 0 aromatic heterocycles. The molecule has 0 unspecified atom stereocenters. The van der Waals surface area contributed by atoms with Gasteiger partial charge in [0.2, 0.25) is 5.91 Å². The van der Waals surface area contributed by atoms with E-state index in [9.17, 15) is 4.79 Å². The minimum atomic E-state index is -0.0104. The van der Waals surface area contributed by atoms with Crippen LogP contribution in [0.25, 0.3) is 0 Å². The van der Waals surface area contributed by atoms with Crippen LogP contribution in [0.15, 0.2) is 53.5 Å². The number of aliphatic imine (C=N–C) groups is 1. The third kappa shape index (κ3) is 7.75. The third-order valence-electron chi connectivity index (χ3n) is 3.85. The second-order valence-corrected chi connectivity index (χ2v) is 6.36. The zero-order valence-electron chi connectivity index (χ0n) is 16.9. The number of nitrogens with zero attached hydrogens (tertiary/aromatic N) is 2. The van der Waals surface area contributed by atoms with Crippen molar-refractivity contribution in [3.05, 3.63) is 59.7 Å². The maximum absolute atomic E-state index is 11.8. The highest BCUT2D eigenvalue weighted by Crippen LogP contribution is 2.26. The van der Waals surface area contributed by atoms with Gasteiger partial charge in [0, 0.05) is 26.2 Å². The van der Waals surface area contributed by atoms with Gasteiger partial charge < -0.3 is 20.3 Å². The monoisotopic (exact) mass is 496 g/mol. The molecule has 7 heteroatoms. The number of carbonyl (C=O) groups is 1. The molecule has 0 saturated carbocycles. The summed E-state index contributed by atoms with van der Waals surface area (Å²) in [4.78, 5) is 17.9. The first-order chi connectivity index (χ1) is 13.0. The Morgan fingerprint density at radius 1 is 1.11 bits per heavy atom. The Morgan fingerprint density at radius 3 is 2.54 bits per heavy atom. The number of carbonyl (C=O) groups excluding carboxylic acids is 1. The number of rotatable bonds is 7. The quantitative estimate of drug-likeness (QED) is 0.350. The molecule has 2 rings (SSSR count). The predicted octanol–water partition coefficient (Wildman–Crippen LogP) is 3.55. The molecule has 0 spiro atoms. The van der Waals surface area contributed by atoms with Crippen molar-refractivity contribution in [1.82, 2.24) is 15.5 Å². The van der Waals surface area contributed by atoms with Crippen LogP contribution in [0.5, 0.6) is 11.5 Å². The van der Waals surface area contributed by atoms with Gasteiger partial charge in [-0.2, -0.15) is 0 Å². The topological polar surface area (TPSA) is 66.0 Å². The van der Waals surface area contributed by atoms with Crippen LogP contribution < -0.4 is 15.4 Å². The summed E-state index contributed by atoms with van der Waals surface area (Å²) in [5, 5.41) is 6.21. The molecule has 28 heavy (non-hydrogen) atoms. The lowest BCUT2D eigenvalue weighted by Gasteiger charge is -2.15. The summed E-state index contributed by atoms with van der Waals surface area (Å²) >= 11 is 0. The van der Waals surface area contributed by atoms with Gasteiger partial charge in [-0.05, 0) is 37.6 Å². The summed E-state index contributed by atoms with van der Waals surface area (Å²) in [6.45, 7) is 5.36. The van der Waals surface area contributed by atoms with E-state index >= 15 is 0 Å². The van der Waals surface area contributed by atoms with Crippen molar-refractivity contribution in [2.75, 3.05) is 27.2 Å². The lowest BCUT2D eigenvalue weighted by atomic mass is 10.2. The summed E-state index contributed by atoms with van der Waals surface area (Å²) in [5.74, 6) is 2.15. The number of hydrogen-bond donors (Lipinski definition) is 2. The average molecular weight is 496 g/mol. The second-order valence-electron chi connectivity index (χ2n) is 6.36. The van der Waals surface area contributed by atoms with Crippen molar-refractivity contribution in [2.45, 2.75) is 20.4 Å². The molecule has 6 nitrogen and oxygen atoms in total. The summed E-state index contributed by atoms with van der Waals surface area (Å²) in [6, 6.07) is 15.8. The van der Waals surface area contributed by atoms with Crippen LogP contribution in [0.2, 0.25) is 0 Å². The van der Waals surface area contributed by atoms with Gasteiger partial charge in [0.05, 0.1) is 13.1 Å². The second kappa shape index (κ2) is 12.2. The molecule has 0 radical (unpaired) electrons. The van der Waals surface area contributed by atoms with Gasteiger partial charge in [-0.3, -0.25) is 4.79 Å². The number of benzene rings is 2. The largest absolute Gasteiger partial charge is 0.457 e. The van der Waals surface area contributed by atoms with Gasteiger partial charge in [-0.25, -0.2) is 4.99 Å². The molecule has 0 aliphatic rings. The van der Waals surface area contributed by atoms with E-state index in [4.69, 9.17) is 4.74 Å². The predicted molar refractivity (Wildman–Crippen MR) is 125 cm³/mol. The van der Waals surface area contributed by atoms with Crippen LogP contribution in [0.1, 0.15) is 18.1 Å². The lowest BCUT2D eigenvalue weighted by molar-refractivity contribution is -0.127. The highest BCUT2D eigenvalue weighted by atomic mass is 127. The highest BCUT2D eigenvalue weighted by Gasteiger charge is 2.07. The van der Waals surface area contributed by atoms with E-state index in [1.807, 2.05) is 62.4 Å². The van der Waals surface area contributed by atoms with E-state index in [-0.39, 0.29) is 36.4 Å². The van der Waals surface area contributed by atoms with Crippen molar-refractivity contribution in [2.24, 2.45) is 4.99 Å². The first-order valence-corrected chi connectivity index (χ1v) is 9.04. The Morgan fingerprint density at radius 2 is 1.86 bits per heavy atom. The Bertz CT molecular complexity index is 793. The molecule has 0 bridgehead atoms. The molecule has 2 aromatic rings. The summed E-state index contributed by atoms with van der Waals surface area (Å²) < 4.78 is 6.04. The molecule has 0 atom stereocenters. The van der Waals surface area contributed by atoms with Crippen molar-refractivity contribution < 1.29 is 9.53 Å². The number of guanidine groups is 1. The number of ether oxygens (including phenoxy) is 1. The standard InChI is InChI=1S/C21H28N4O2.HI/c1-5-22-21(24-15-20(26)25(3)4)23-14-17-10-6-7-12-19(17)27-18-11-8-9-16(2)13-18;/h6-13H,5,14-15H2,1-4H3,(H2,22,23,24);1H. The summed E-state index contributed by atoms with van der Waals surface area (Å²) in [7, 11) is 3.46. The first-order valence-electron chi connectivity index (χ1n) is 9.04. The van der Waals surface area contributed by atoms with Crippen LogP contribution in [0.3, 0.4) is 0 Å². The van der Waals surface area contributed by atoms with Gasteiger partial charge in [0.15, 0.2) is 5.96 Å². The van der Waals surface area contributed by atoms with Gasteiger partial charge in [0.1, 0.15) is 11.5 Å². The number of hydrogen-bond acceptors (Lipinski definition) is 3. The fourth-order valence-electron chi connectivity index (χ4n) is 2.36. The molecular weight excluding hydrogens is 467 g/mol. The number of amides is 1. The Labute approximate surface area is 184 Å². The van der Waals surface area contributed by atoms with Crippen LogP contribution in [0.4, 0.5) is 0 Å². The summed E-state index contributed by atoms with van der Waals surface area (Å²) in [6.07, 6.45) is 0. The maximum atomic E-state index is 11.8. The molecular formula is C21H29IN4O2. The number of para-hydroxylation sites is 1. The van der Waals surface area contributed by atoms with Gasteiger partial charge in [0.25, 0.3) is 0 Å².